The van der Waals surface area contributed by atoms with Crippen molar-refractivity contribution in [2.75, 3.05) is 0 Å². The Morgan fingerprint density at radius 2 is 1.77 bits per heavy atom. The first-order valence-electron chi connectivity index (χ1n) is 10.0. The number of benzene rings is 1. The number of halogens is 1. The van der Waals surface area contributed by atoms with Crippen LogP contribution in [0.2, 0.25) is 0 Å². The molecule has 0 N–H and O–H groups in total. The maximum atomic E-state index is 14.0. The number of fused-ring (bicyclic) bond motifs is 3. The largest absolute Gasteiger partial charge is 0.324 e. The number of aromatic nitrogens is 5. The van der Waals surface area contributed by atoms with E-state index in [2.05, 4.69) is 10.1 Å². The van der Waals surface area contributed by atoms with Gasteiger partial charge >= 0.3 is 0 Å². The Balaban J connectivity index is 1.59. The molecule has 0 aliphatic heterocycles. The summed E-state index contributed by atoms with van der Waals surface area (Å²) in [6.45, 7) is 2.21. The molecule has 0 saturated heterocycles. The van der Waals surface area contributed by atoms with Gasteiger partial charge in [-0.15, -0.1) is 0 Å². The number of rotatable bonds is 4. The summed E-state index contributed by atoms with van der Waals surface area (Å²) in [5.74, 6) is -0.252. The second-order valence-corrected chi connectivity index (χ2v) is 7.64. The summed E-state index contributed by atoms with van der Waals surface area (Å²) < 4.78 is 17.3. The molecule has 4 heterocycles. The van der Waals surface area contributed by atoms with Gasteiger partial charge in [0, 0.05) is 35.6 Å². The Morgan fingerprint density at radius 3 is 2.58 bits per heavy atom. The van der Waals surface area contributed by atoms with Gasteiger partial charge in [-0.1, -0.05) is 24.3 Å². The first kappa shape index (κ1) is 19.1. The molecular formula is C24H20FN5O. The van der Waals surface area contributed by atoms with Gasteiger partial charge in [-0.2, -0.15) is 5.10 Å². The minimum atomic E-state index is -0.252. The summed E-state index contributed by atoms with van der Waals surface area (Å²) in [7, 11) is 1.82. The number of hydrogen-bond donors (Lipinski definition) is 0. The van der Waals surface area contributed by atoms with Gasteiger partial charge in [0.1, 0.15) is 17.0 Å². The van der Waals surface area contributed by atoms with Gasteiger partial charge in [0.25, 0.3) is 5.56 Å². The SMILES string of the molecule is Cc1cccc(Cn2ncc3c4ccc(Cc5ccccc5F)nc4n(C)c3c2=O)n1. The van der Waals surface area contributed by atoms with Gasteiger partial charge in [-0.25, -0.2) is 14.1 Å². The van der Waals surface area contributed by atoms with E-state index in [9.17, 15) is 9.18 Å². The third-order valence-corrected chi connectivity index (χ3v) is 5.48. The molecule has 0 radical (unpaired) electrons. The normalized spacial score (nSPS) is 11.5. The Labute approximate surface area is 177 Å². The van der Waals surface area contributed by atoms with E-state index in [1.165, 1.54) is 10.7 Å². The van der Waals surface area contributed by atoms with Crippen molar-refractivity contribution in [3.05, 3.63) is 99.6 Å². The quantitative estimate of drug-likeness (QED) is 0.450. The van der Waals surface area contributed by atoms with Crippen LogP contribution < -0.4 is 5.56 Å². The van der Waals surface area contributed by atoms with Crippen LogP contribution in [0.15, 0.2) is 65.6 Å². The molecular weight excluding hydrogens is 393 g/mol. The summed E-state index contributed by atoms with van der Waals surface area (Å²) in [6, 6.07) is 16.2. The highest BCUT2D eigenvalue weighted by Gasteiger charge is 2.16. The molecule has 7 heteroatoms. The summed E-state index contributed by atoms with van der Waals surface area (Å²) in [6.07, 6.45) is 2.08. The molecule has 0 aliphatic rings. The summed E-state index contributed by atoms with van der Waals surface area (Å²) in [5.41, 5.74) is 4.00. The van der Waals surface area contributed by atoms with Crippen LogP contribution in [0.5, 0.6) is 0 Å². The molecule has 5 rings (SSSR count). The maximum Gasteiger partial charge on any atom is 0.291 e. The van der Waals surface area contributed by atoms with E-state index < -0.39 is 0 Å². The third kappa shape index (κ3) is 3.38. The fourth-order valence-corrected chi connectivity index (χ4v) is 3.95. The Kier molecular flexibility index (Phi) is 4.58. The van der Waals surface area contributed by atoms with Gasteiger partial charge in [-0.05, 0) is 42.8 Å². The van der Waals surface area contributed by atoms with Crippen molar-refractivity contribution < 1.29 is 4.39 Å². The molecule has 5 aromatic rings. The van der Waals surface area contributed by atoms with E-state index in [1.54, 1.807) is 22.9 Å². The van der Waals surface area contributed by atoms with Crippen molar-refractivity contribution >= 4 is 21.9 Å². The van der Waals surface area contributed by atoms with Crippen LogP contribution in [0.1, 0.15) is 22.6 Å². The lowest BCUT2D eigenvalue weighted by Gasteiger charge is -2.05. The summed E-state index contributed by atoms with van der Waals surface area (Å²) in [4.78, 5) is 22.4. The summed E-state index contributed by atoms with van der Waals surface area (Å²) in [5, 5.41) is 5.97. The molecule has 0 spiro atoms. The maximum absolute atomic E-state index is 14.0. The van der Waals surface area contributed by atoms with E-state index >= 15 is 0 Å². The van der Waals surface area contributed by atoms with Gasteiger partial charge < -0.3 is 4.57 Å². The monoisotopic (exact) mass is 413 g/mol. The van der Waals surface area contributed by atoms with Crippen molar-refractivity contribution in [2.24, 2.45) is 7.05 Å². The molecule has 0 fully saturated rings. The van der Waals surface area contributed by atoms with Crippen molar-refractivity contribution in [1.82, 2.24) is 24.3 Å². The average molecular weight is 413 g/mol. The zero-order valence-corrected chi connectivity index (χ0v) is 17.2. The van der Waals surface area contributed by atoms with Gasteiger partial charge in [0.05, 0.1) is 18.4 Å². The molecule has 0 saturated carbocycles. The average Bonchev–Trinajstić information content (AvgIpc) is 3.04. The lowest BCUT2D eigenvalue weighted by molar-refractivity contribution is 0.613. The summed E-state index contributed by atoms with van der Waals surface area (Å²) >= 11 is 0. The first-order chi connectivity index (χ1) is 15.0. The molecule has 31 heavy (non-hydrogen) atoms. The molecule has 0 amide bonds. The van der Waals surface area contributed by atoms with Crippen LogP contribution in [0.4, 0.5) is 4.39 Å². The van der Waals surface area contributed by atoms with Gasteiger partial charge in [-0.3, -0.25) is 9.78 Å². The molecule has 0 aliphatic carbocycles. The second-order valence-electron chi connectivity index (χ2n) is 7.64. The Bertz CT molecular complexity index is 1500. The van der Waals surface area contributed by atoms with Crippen molar-refractivity contribution in [3.8, 4) is 0 Å². The minimum absolute atomic E-state index is 0.197. The van der Waals surface area contributed by atoms with Gasteiger partial charge in [0.15, 0.2) is 0 Å². The third-order valence-electron chi connectivity index (χ3n) is 5.48. The molecule has 0 bridgehead atoms. The van der Waals surface area contributed by atoms with Crippen LogP contribution in [0.3, 0.4) is 0 Å². The Hall–Kier alpha value is -3.87. The number of aryl methyl sites for hydroxylation is 2. The number of pyridine rings is 2. The smallest absolute Gasteiger partial charge is 0.291 e. The van der Waals surface area contributed by atoms with E-state index in [0.29, 0.717) is 29.7 Å². The van der Waals surface area contributed by atoms with Crippen LogP contribution >= 0.6 is 0 Å². The fourth-order valence-electron chi connectivity index (χ4n) is 3.95. The highest BCUT2D eigenvalue weighted by Crippen LogP contribution is 2.25. The first-order valence-corrected chi connectivity index (χ1v) is 10.0. The van der Waals surface area contributed by atoms with Crippen LogP contribution in [0.25, 0.3) is 21.9 Å². The molecule has 0 atom stereocenters. The van der Waals surface area contributed by atoms with Gasteiger partial charge in [0.2, 0.25) is 0 Å². The van der Waals surface area contributed by atoms with E-state index in [4.69, 9.17) is 4.98 Å². The molecule has 1 aromatic carbocycles. The highest BCUT2D eigenvalue weighted by molar-refractivity contribution is 6.05. The molecule has 6 nitrogen and oxygen atoms in total. The lowest BCUT2D eigenvalue weighted by atomic mass is 10.1. The van der Waals surface area contributed by atoms with E-state index in [0.717, 1.165) is 27.9 Å². The molecule has 154 valence electrons. The number of nitrogens with zero attached hydrogens (tertiary/aromatic N) is 5. The van der Waals surface area contributed by atoms with Crippen molar-refractivity contribution in [2.45, 2.75) is 19.9 Å². The number of hydrogen-bond acceptors (Lipinski definition) is 4. The van der Waals surface area contributed by atoms with Crippen molar-refractivity contribution in [3.63, 3.8) is 0 Å². The zero-order chi connectivity index (χ0) is 21.5. The van der Waals surface area contributed by atoms with Crippen LogP contribution in [-0.4, -0.2) is 24.3 Å². The predicted octanol–water partition coefficient (Wildman–Crippen LogP) is 3.76. The topological polar surface area (TPSA) is 65.6 Å². The molecule has 0 unspecified atom stereocenters. The second kappa shape index (κ2) is 7.43. The van der Waals surface area contributed by atoms with E-state index in [1.807, 2.05) is 50.4 Å². The van der Waals surface area contributed by atoms with Crippen LogP contribution in [-0.2, 0) is 20.0 Å². The highest BCUT2D eigenvalue weighted by atomic mass is 19.1. The lowest BCUT2D eigenvalue weighted by Crippen LogP contribution is -2.25. The predicted molar refractivity (Wildman–Crippen MR) is 118 cm³/mol. The zero-order valence-electron chi connectivity index (χ0n) is 17.2. The fraction of sp³-hybridized carbons (Fsp3) is 0.167. The molecule has 4 aromatic heterocycles. The van der Waals surface area contributed by atoms with E-state index in [-0.39, 0.29) is 11.4 Å². The standard InChI is InChI=1S/C24H20FN5O/c1-15-6-5-8-18(27-15)14-30-24(31)22-20(13-26-30)19-11-10-17(28-23(19)29(22)2)12-16-7-3-4-9-21(16)25/h3-11,13H,12,14H2,1-2H3. The van der Waals surface area contributed by atoms with Crippen LogP contribution in [0, 0.1) is 12.7 Å². The van der Waals surface area contributed by atoms with Crippen molar-refractivity contribution in [1.29, 1.82) is 0 Å². The minimum Gasteiger partial charge on any atom is -0.324 e. The Morgan fingerprint density at radius 1 is 0.935 bits per heavy atom.